The molecule has 0 radical (unpaired) electrons. The third-order valence-electron chi connectivity index (χ3n) is 12.8. The minimum absolute atomic E-state index is 0.439. The highest BCUT2D eigenvalue weighted by Crippen LogP contribution is 2.64. The Morgan fingerprint density at radius 1 is 0.333 bits per heavy atom. The second-order valence-corrected chi connectivity index (χ2v) is 16.6. The molecule has 3 aliphatic rings. The van der Waals surface area contributed by atoms with E-state index in [2.05, 4.69) is 205 Å². The summed E-state index contributed by atoms with van der Waals surface area (Å²) in [5.41, 5.74) is 16.4. The minimum atomic E-state index is -0.439. The van der Waals surface area contributed by atoms with E-state index in [1.165, 1.54) is 115 Å². The SMILES string of the molecule is c1ccc(N2c3ccccc3Sc3c(-c4ccc5c(c4)-c4cc6c7ccccc7c7ccccc7c6cc4C54c5ccccc5-c5ccccc54)cccc32)cc1. The summed E-state index contributed by atoms with van der Waals surface area (Å²) in [6, 6.07) is 75.0. The summed E-state index contributed by atoms with van der Waals surface area (Å²) in [6.07, 6.45) is 0. The lowest BCUT2D eigenvalue weighted by atomic mass is 9.70. The van der Waals surface area contributed by atoms with Crippen molar-refractivity contribution in [2.24, 2.45) is 0 Å². The fourth-order valence-corrected chi connectivity index (χ4v) is 11.8. The average Bonchev–Trinajstić information content (AvgIpc) is 3.74. The van der Waals surface area contributed by atoms with Gasteiger partial charge in [0.15, 0.2) is 0 Å². The highest BCUT2D eigenvalue weighted by Gasteiger charge is 2.52. The van der Waals surface area contributed by atoms with Gasteiger partial charge < -0.3 is 4.90 Å². The predicted octanol–water partition coefficient (Wildman–Crippen LogP) is 15.1. The second kappa shape index (κ2) is 11.6. The van der Waals surface area contributed by atoms with Crippen LogP contribution in [0.15, 0.2) is 210 Å². The molecule has 1 aliphatic heterocycles. The van der Waals surface area contributed by atoms with Crippen LogP contribution in [-0.4, -0.2) is 0 Å². The van der Waals surface area contributed by atoms with Gasteiger partial charge >= 0.3 is 0 Å². The summed E-state index contributed by atoms with van der Waals surface area (Å²) < 4.78 is 0. The van der Waals surface area contributed by atoms with Crippen LogP contribution in [0.5, 0.6) is 0 Å². The smallest absolute Gasteiger partial charge is 0.0725 e. The maximum absolute atomic E-state index is 2.56. The molecule has 2 heteroatoms. The van der Waals surface area contributed by atoms with Crippen LogP contribution in [0.3, 0.4) is 0 Å². The van der Waals surface area contributed by atoms with Gasteiger partial charge in [-0.05, 0) is 136 Å². The van der Waals surface area contributed by atoms with Crippen molar-refractivity contribution in [3.8, 4) is 33.4 Å². The van der Waals surface area contributed by atoms with Gasteiger partial charge in [-0.25, -0.2) is 0 Å². The molecule has 0 fully saturated rings. The highest BCUT2D eigenvalue weighted by atomic mass is 32.2. The third-order valence-corrected chi connectivity index (χ3v) is 14.0. The molecule has 0 aromatic heterocycles. The van der Waals surface area contributed by atoms with Crippen LogP contribution in [0.2, 0.25) is 0 Å². The largest absolute Gasteiger partial charge is 0.308 e. The van der Waals surface area contributed by atoms with Crippen molar-refractivity contribution in [1.82, 2.24) is 0 Å². The lowest BCUT2D eigenvalue weighted by Crippen LogP contribution is -2.25. The maximum Gasteiger partial charge on any atom is 0.0725 e. The van der Waals surface area contributed by atoms with Crippen molar-refractivity contribution in [2.45, 2.75) is 15.2 Å². The van der Waals surface area contributed by atoms with Crippen LogP contribution in [-0.2, 0) is 5.41 Å². The number of rotatable bonds is 2. The summed E-state index contributed by atoms with van der Waals surface area (Å²) in [5.74, 6) is 0. The summed E-state index contributed by atoms with van der Waals surface area (Å²) in [7, 11) is 0. The standard InChI is InChI=1S/C55H33NS/c1-2-15-35(16-3-1)56-51-26-12-13-28-53(51)57-54-36(23-14-27-52(54)56)34-29-30-49-45(31-34)46-32-43-39-19-6-4-17-37(39)38-18-5-7-20-40(38)44(43)33-50(46)55(49)47-24-10-8-21-41(47)42-22-9-11-25-48(42)55/h1-33H. The van der Waals surface area contributed by atoms with E-state index in [4.69, 9.17) is 0 Å². The number of para-hydroxylation sites is 2. The Morgan fingerprint density at radius 2 is 0.860 bits per heavy atom. The molecule has 264 valence electrons. The molecule has 1 spiro atoms. The van der Waals surface area contributed by atoms with Crippen LogP contribution < -0.4 is 4.90 Å². The Balaban J connectivity index is 1.12. The Labute approximate surface area is 335 Å². The first-order valence-corrected chi connectivity index (χ1v) is 20.6. The molecule has 0 N–H and O–H groups in total. The first-order chi connectivity index (χ1) is 28.3. The number of benzene rings is 10. The van der Waals surface area contributed by atoms with Crippen LogP contribution in [0.4, 0.5) is 17.1 Å². The van der Waals surface area contributed by atoms with Gasteiger partial charge in [-0.3, -0.25) is 0 Å². The predicted molar refractivity (Wildman–Crippen MR) is 239 cm³/mol. The van der Waals surface area contributed by atoms with Crippen LogP contribution in [0.1, 0.15) is 22.3 Å². The minimum Gasteiger partial charge on any atom is -0.308 e. The van der Waals surface area contributed by atoms with E-state index in [0.717, 1.165) is 0 Å². The normalized spacial score (nSPS) is 14.0. The molecule has 0 amide bonds. The Hall–Kier alpha value is -6.87. The first-order valence-electron chi connectivity index (χ1n) is 19.8. The van der Waals surface area contributed by atoms with E-state index in [-0.39, 0.29) is 0 Å². The van der Waals surface area contributed by atoms with Crippen molar-refractivity contribution < 1.29 is 0 Å². The fourth-order valence-electron chi connectivity index (χ4n) is 10.6. The fraction of sp³-hybridized carbons (Fsp3) is 0.0182. The molecule has 0 saturated carbocycles. The van der Waals surface area contributed by atoms with Crippen LogP contribution >= 0.6 is 11.8 Å². The molecule has 13 rings (SSSR count). The summed E-state index contributed by atoms with van der Waals surface area (Å²) in [4.78, 5) is 4.97. The molecule has 57 heavy (non-hydrogen) atoms. The number of anilines is 3. The van der Waals surface area contributed by atoms with Gasteiger partial charge in [0.25, 0.3) is 0 Å². The van der Waals surface area contributed by atoms with Gasteiger partial charge in [-0.15, -0.1) is 0 Å². The zero-order chi connectivity index (χ0) is 37.2. The lowest BCUT2D eigenvalue weighted by Gasteiger charge is -2.34. The number of nitrogens with zero attached hydrogens (tertiary/aromatic N) is 1. The summed E-state index contributed by atoms with van der Waals surface area (Å²) >= 11 is 1.88. The molecular formula is C55H33NS. The molecular weight excluding hydrogens is 707 g/mol. The summed E-state index contributed by atoms with van der Waals surface area (Å²) in [5, 5.41) is 7.82. The number of fused-ring (bicyclic) bond motifs is 18. The molecule has 0 unspecified atom stereocenters. The summed E-state index contributed by atoms with van der Waals surface area (Å²) in [6.45, 7) is 0. The lowest BCUT2D eigenvalue weighted by molar-refractivity contribution is 0.795. The molecule has 10 aromatic carbocycles. The van der Waals surface area contributed by atoms with Crippen molar-refractivity contribution in [3.63, 3.8) is 0 Å². The zero-order valence-electron chi connectivity index (χ0n) is 30.9. The first kappa shape index (κ1) is 31.3. The Kier molecular flexibility index (Phi) is 6.37. The van der Waals surface area contributed by atoms with Crippen LogP contribution in [0, 0.1) is 0 Å². The van der Waals surface area contributed by atoms with Gasteiger partial charge in [0.05, 0.1) is 16.8 Å². The number of hydrogen-bond donors (Lipinski definition) is 0. The monoisotopic (exact) mass is 739 g/mol. The zero-order valence-corrected chi connectivity index (χ0v) is 31.7. The Morgan fingerprint density at radius 3 is 1.58 bits per heavy atom. The van der Waals surface area contributed by atoms with Crippen molar-refractivity contribution in [2.75, 3.05) is 4.90 Å². The molecule has 2 aliphatic carbocycles. The molecule has 0 atom stereocenters. The van der Waals surface area contributed by atoms with Crippen molar-refractivity contribution in [3.05, 3.63) is 222 Å². The molecule has 1 heterocycles. The van der Waals surface area contributed by atoms with Crippen LogP contribution in [0.25, 0.3) is 65.7 Å². The van der Waals surface area contributed by atoms with Gasteiger partial charge in [-0.1, -0.05) is 163 Å². The second-order valence-electron chi connectivity index (χ2n) is 15.5. The van der Waals surface area contributed by atoms with E-state index in [1.807, 2.05) is 11.8 Å². The number of hydrogen-bond acceptors (Lipinski definition) is 2. The molecule has 10 aromatic rings. The van der Waals surface area contributed by atoms with E-state index in [9.17, 15) is 0 Å². The van der Waals surface area contributed by atoms with E-state index < -0.39 is 5.41 Å². The van der Waals surface area contributed by atoms with Gasteiger partial charge in [0.1, 0.15) is 0 Å². The van der Waals surface area contributed by atoms with E-state index >= 15 is 0 Å². The van der Waals surface area contributed by atoms with E-state index in [0.29, 0.717) is 0 Å². The van der Waals surface area contributed by atoms with Gasteiger partial charge in [-0.2, -0.15) is 0 Å². The average molecular weight is 740 g/mol. The van der Waals surface area contributed by atoms with Crippen molar-refractivity contribution in [1.29, 1.82) is 0 Å². The third kappa shape index (κ3) is 4.10. The topological polar surface area (TPSA) is 3.24 Å². The molecule has 0 bridgehead atoms. The highest BCUT2D eigenvalue weighted by molar-refractivity contribution is 8.00. The quantitative estimate of drug-likeness (QED) is 0.162. The van der Waals surface area contributed by atoms with E-state index in [1.54, 1.807) is 0 Å². The van der Waals surface area contributed by atoms with Crippen molar-refractivity contribution >= 4 is 61.1 Å². The maximum atomic E-state index is 2.56. The molecule has 1 nitrogen and oxygen atoms in total. The van der Waals surface area contributed by atoms with Gasteiger partial charge in [0, 0.05) is 15.5 Å². The molecule has 0 saturated heterocycles. The Bertz CT molecular complexity index is 3300. The van der Waals surface area contributed by atoms with Gasteiger partial charge in [0.2, 0.25) is 0 Å².